The van der Waals surface area contributed by atoms with Gasteiger partial charge in [0.15, 0.2) is 0 Å². The molecular weight excluding hydrogens is 266 g/mol. The number of hydrogen-bond donors (Lipinski definition) is 3. The van der Waals surface area contributed by atoms with Crippen molar-refractivity contribution in [3.8, 4) is 0 Å². The van der Waals surface area contributed by atoms with Crippen LogP contribution in [0.1, 0.15) is 5.69 Å². The molecule has 0 aliphatic carbocycles. The van der Waals surface area contributed by atoms with Crippen molar-refractivity contribution in [1.82, 2.24) is 14.7 Å². The fourth-order valence-corrected chi connectivity index (χ4v) is 2.57. The third-order valence-corrected chi connectivity index (χ3v) is 3.83. The zero-order valence-corrected chi connectivity index (χ0v) is 10.8. The van der Waals surface area contributed by atoms with E-state index >= 15 is 0 Å². The van der Waals surface area contributed by atoms with Gasteiger partial charge in [-0.2, -0.15) is 0 Å². The fourth-order valence-electron chi connectivity index (χ4n) is 1.46. The normalized spacial score (nSPS) is 11.2. The smallest absolute Gasteiger partial charge is 0.244 e. The van der Waals surface area contributed by atoms with Gasteiger partial charge in [0.1, 0.15) is 4.90 Å². The van der Waals surface area contributed by atoms with Gasteiger partial charge < -0.3 is 5.43 Å². The minimum Gasteiger partial charge on any atom is -0.323 e. The Kier molecular flexibility index (Phi) is 4.05. The van der Waals surface area contributed by atoms with E-state index in [0.29, 0.717) is 5.69 Å². The lowest BCUT2D eigenvalue weighted by molar-refractivity contribution is 0.580. The van der Waals surface area contributed by atoms with E-state index in [1.165, 1.54) is 18.5 Å². The van der Waals surface area contributed by atoms with Crippen molar-refractivity contribution in [3.05, 3.63) is 48.5 Å². The molecular formula is C11H13N5O2S. The number of nitrogens with two attached hydrogens (primary N) is 1. The first kappa shape index (κ1) is 13.4. The minimum absolute atomic E-state index is 0.00608. The molecule has 0 aromatic carbocycles. The van der Waals surface area contributed by atoms with Crippen molar-refractivity contribution in [2.24, 2.45) is 5.84 Å². The highest BCUT2D eigenvalue weighted by Crippen LogP contribution is 2.18. The first-order valence-electron chi connectivity index (χ1n) is 5.43. The van der Waals surface area contributed by atoms with E-state index in [0.717, 1.165) is 0 Å². The van der Waals surface area contributed by atoms with Gasteiger partial charge in [-0.25, -0.2) is 13.1 Å². The Hall–Kier alpha value is -2.03. The second kappa shape index (κ2) is 5.74. The highest BCUT2D eigenvalue weighted by atomic mass is 32.2. The van der Waals surface area contributed by atoms with Crippen LogP contribution in [0, 0.1) is 0 Å². The molecule has 8 heteroatoms. The molecule has 2 heterocycles. The van der Waals surface area contributed by atoms with Gasteiger partial charge in [-0.05, 0) is 18.2 Å². The zero-order chi connectivity index (χ0) is 13.7. The number of nitrogens with one attached hydrogen (secondary N) is 2. The Morgan fingerprint density at radius 2 is 2.05 bits per heavy atom. The maximum absolute atomic E-state index is 12.1. The number of hydrogen-bond acceptors (Lipinski definition) is 6. The third-order valence-electron chi connectivity index (χ3n) is 2.40. The minimum atomic E-state index is -3.70. The summed E-state index contributed by atoms with van der Waals surface area (Å²) in [6.07, 6.45) is 4.28. The van der Waals surface area contributed by atoms with E-state index in [-0.39, 0.29) is 17.1 Å². The largest absolute Gasteiger partial charge is 0.323 e. The standard InChI is InChI=1S/C11H13N5O2S/c12-16-10-4-6-13-8-11(10)19(17,18)15-7-9-3-1-2-5-14-9/h1-6,8,15H,7,12H2,(H,13,16). The maximum atomic E-state index is 12.1. The van der Waals surface area contributed by atoms with Crippen LogP contribution >= 0.6 is 0 Å². The molecule has 2 rings (SSSR count). The average molecular weight is 279 g/mol. The van der Waals surface area contributed by atoms with Crippen LogP contribution in [0.4, 0.5) is 5.69 Å². The first-order valence-corrected chi connectivity index (χ1v) is 6.92. The van der Waals surface area contributed by atoms with Crippen molar-refractivity contribution in [1.29, 1.82) is 0 Å². The molecule has 100 valence electrons. The Labute approximate surface area is 110 Å². The molecule has 0 radical (unpaired) electrons. The number of nitrogens with zero attached hydrogens (tertiary/aromatic N) is 2. The van der Waals surface area contributed by atoms with E-state index in [4.69, 9.17) is 5.84 Å². The van der Waals surface area contributed by atoms with Crippen LogP contribution < -0.4 is 16.0 Å². The van der Waals surface area contributed by atoms with Gasteiger partial charge in [-0.1, -0.05) is 6.07 Å². The molecule has 7 nitrogen and oxygen atoms in total. The van der Waals surface area contributed by atoms with Crippen LogP contribution in [-0.2, 0) is 16.6 Å². The summed E-state index contributed by atoms with van der Waals surface area (Å²) < 4.78 is 26.7. The quantitative estimate of drug-likeness (QED) is 0.534. The van der Waals surface area contributed by atoms with Gasteiger partial charge in [0.05, 0.1) is 17.9 Å². The lowest BCUT2D eigenvalue weighted by atomic mass is 10.4. The molecule has 2 aromatic heterocycles. The second-order valence-corrected chi connectivity index (χ2v) is 5.40. The van der Waals surface area contributed by atoms with Crippen molar-refractivity contribution in [3.63, 3.8) is 0 Å². The number of pyridine rings is 2. The second-order valence-electron chi connectivity index (χ2n) is 3.66. The molecule has 0 aliphatic rings. The summed E-state index contributed by atoms with van der Waals surface area (Å²) >= 11 is 0. The van der Waals surface area contributed by atoms with Crippen LogP contribution in [0.5, 0.6) is 0 Å². The summed E-state index contributed by atoms with van der Waals surface area (Å²) in [6, 6.07) is 6.76. The monoisotopic (exact) mass is 279 g/mol. The summed E-state index contributed by atoms with van der Waals surface area (Å²) in [4.78, 5) is 7.81. The lowest BCUT2D eigenvalue weighted by Crippen LogP contribution is -2.25. The number of aromatic nitrogens is 2. The molecule has 0 saturated carbocycles. The zero-order valence-electron chi connectivity index (χ0n) is 9.95. The van der Waals surface area contributed by atoms with Gasteiger partial charge in [-0.15, -0.1) is 0 Å². The molecule has 0 bridgehead atoms. The Morgan fingerprint density at radius 3 is 2.74 bits per heavy atom. The molecule has 19 heavy (non-hydrogen) atoms. The predicted octanol–water partition coefficient (Wildman–Crippen LogP) is 0.241. The Bertz CT molecular complexity index is 645. The van der Waals surface area contributed by atoms with E-state index in [1.807, 2.05) is 0 Å². The molecule has 4 N–H and O–H groups in total. The summed E-state index contributed by atoms with van der Waals surface area (Å²) in [5.74, 6) is 5.27. The van der Waals surface area contributed by atoms with Crippen LogP contribution in [-0.4, -0.2) is 18.4 Å². The predicted molar refractivity (Wildman–Crippen MR) is 70.3 cm³/mol. The molecule has 0 aliphatic heterocycles. The van der Waals surface area contributed by atoms with Gasteiger partial charge in [-0.3, -0.25) is 15.8 Å². The highest BCUT2D eigenvalue weighted by Gasteiger charge is 2.18. The maximum Gasteiger partial charge on any atom is 0.244 e. The Balaban J connectivity index is 2.19. The fraction of sp³-hybridized carbons (Fsp3) is 0.0909. The summed E-state index contributed by atoms with van der Waals surface area (Å²) in [6.45, 7) is 0.0993. The van der Waals surface area contributed by atoms with Crippen molar-refractivity contribution >= 4 is 15.7 Å². The van der Waals surface area contributed by atoms with Crippen molar-refractivity contribution in [2.75, 3.05) is 5.43 Å². The van der Waals surface area contributed by atoms with Crippen molar-refractivity contribution < 1.29 is 8.42 Å². The number of hydrazine groups is 1. The topological polar surface area (TPSA) is 110 Å². The van der Waals surface area contributed by atoms with Crippen LogP contribution in [0.2, 0.25) is 0 Å². The molecule has 0 fully saturated rings. The SMILES string of the molecule is NNc1ccncc1S(=O)(=O)NCc1ccccn1. The van der Waals surface area contributed by atoms with Crippen LogP contribution in [0.3, 0.4) is 0 Å². The summed E-state index contributed by atoms with van der Waals surface area (Å²) in [5, 5.41) is 0. The van der Waals surface area contributed by atoms with Crippen molar-refractivity contribution in [2.45, 2.75) is 11.4 Å². The molecule has 2 aromatic rings. The van der Waals surface area contributed by atoms with Gasteiger partial charge >= 0.3 is 0 Å². The number of sulfonamides is 1. The van der Waals surface area contributed by atoms with Crippen LogP contribution in [0.25, 0.3) is 0 Å². The van der Waals surface area contributed by atoms with E-state index in [9.17, 15) is 8.42 Å². The van der Waals surface area contributed by atoms with E-state index in [2.05, 4.69) is 20.1 Å². The summed E-state index contributed by atoms with van der Waals surface area (Å²) in [5.41, 5.74) is 3.23. The summed E-state index contributed by atoms with van der Waals surface area (Å²) in [7, 11) is -3.70. The van der Waals surface area contributed by atoms with E-state index < -0.39 is 10.0 Å². The Morgan fingerprint density at radius 1 is 1.21 bits per heavy atom. The molecule has 0 spiro atoms. The number of nitrogen functional groups attached to an aromatic ring is 1. The first-order chi connectivity index (χ1) is 9.13. The number of rotatable bonds is 5. The third kappa shape index (κ3) is 3.25. The van der Waals surface area contributed by atoms with Crippen LogP contribution in [0.15, 0.2) is 47.8 Å². The van der Waals surface area contributed by atoms with Gasteiger partial charge in [0.25, 0.3) is 0 Å². The molecule has 0 amide bonds. The van der Waals surface area contributed by atoms with Gasteiger partial charge in [0, 0.05) is 18.6 Å². The molecule has 0 atom stereocenters. The highest BCUT2D eigenvalue weighted by molar-refractivity contribution is 7.89. The number of anilines is 1. The van der Waals surface area contributed by atoms with Gasteiger partial charge in [0.2, 0.25) is 10.0 Å². The van der Waals surface area contributed by atoms with E-state index in [1.54, 1.807) is 24.4 Å². The lowest BCUT2D eigenvalue weighted by Gasteiger charge is -2.09. The molecule has 0 unspecified atom stereocenters. The average Bonchev–Trinajstić information content (AvgIpc) is 2.46. The molecule has 0 saturated heterocycles.